The van der Waals surface area contributed by atoms with Crippen LogP contribution < -0.4 is 10.2 Å². The minimum Gasteiger partial charge on any atom is -0.756 e. The van der Waals surface area contributed by atoms with Crippen LogP contribution in [0, 0.1) is 0 Å². The molecule has 3 atom stereocenters. The van der Waals surface area contributed by atoms with Gasteiger partial charge in [-0.1, -0.05) is 346 Å². The molecule has 3 unspecified atom stereocenters. The quantitative estimate of drug-likeness (QED) is 0.0272. The number of hydrogen-bond acceptors (Lipinski definition) is 6. The van der Waals surface area contributed by atoms with E-state index in [9.17, 15) is 19.4 Å². The Kier molecular flexibility index (Phi) is 61.3. The number of aliphatic hydroxyl groups is 1. The number of carbonyl (C=O) groups excluding carboxylic acids is 1. The molecule has 0 radical (unpaired) electrons. The number of amides is 1. The third-order valence-electron chi connectivity index (χ3n) is 16.3. The van der Waals surface area contributed by atoms with Crippen LogP contribution in [0.1, 0.15) is 361 Å². The first-order valence-corrected chi connectivity index (χ1v) is 36.8. The van der Waals surface area contributed by atoms with Crippen molar-refractivity contribution in [3.63, 3.8) is 0 Å². The molecule has 0 rings (SSSR count). The van der Waals surface area contributed by atoms with E-state index in [0.29, 0.717) is 17.4 Å². The van der Waals surface area contributed by atoms with Crippen molar-refractivity contribution in [2.75, 3.05) is 40.9 Å². The van der Waals surface area contributed by atoms with Crippen LogP contribution in [0.15, 0.2) is 36.5 Å². The third kappa shape index (κ3) is 64.3. The Morgan fingerprint density at radius 3 is 1.01 bits per heavy atom. The number of nitrogens with one attached hydrogen (secondary N) is 1. The molecule has 0 aliphatic carbocycles. The Bertz CT molecular complexity index is 1400. The predicted molar refractivity (Wildman–Crippen MR) is 348 cm³/mol. The lowest BCUT2D eigenvalue weighted by atomic mass is 10.0. The third-order valence-corrected chi connectivity index (χ3v) is 17.3. The summed E-state index contributed by atoms with van der Waals surface area (Å²) in [5.74, 6) is -0.203. The molecule has 9 heteroatoms. The topological polar surface area (TPSA) is 108 Å². The fourth-order valence-corrected chi connectivity index (χ4v) is 11.6. The molecule has 80 heavy (non-hydrogen) atoms. The number of likely N-dealkylation sites (N-methyl/N-ethyl adjacent to an activating group) is 1. The normalized spacial score (nSPS) is 13.8. The van der Waals surface area contributed by atoms with Crippen LogP contribution >= 0.6 is 7.82 Å². The van der Waals surface area contributed by atoms with Gasteiger partial charge in [-0.05, 0) is 44.9 Å². The van der Waals surface area contributed by atoms with Crippen LogP contribution in [0.5, 0.6) is 0 Å². The van der Waals surface area contributed by atoms with E-state index < -0.39 is 26.6 Å². The second-order valence-electron chi connectivity index (χ2n) is 25.6. The highest BCUT2D eigenvalue weighted by molar-refractivity contribution is 7.45. The van der Waals surface area contributed by atoms with Gasteiger partial charge in [-0.25, -0.2) is 0 Å². The second kappa shape index (κ2) is 62.3. The lowest BCUT2D eigenvalue weighted by Crippen LogP contribution is -2.45. The molecule has 2 N–H and O–H groups in total. The number of quaternary nitrogens is 1. The fraction of sp³-hybridized carbons (Fsp3) is 0.901. The van der Waals surface area contributed by atoms with E-state index in [0.717, 1.165) is 44.9 Å². The monoisotopic (exact) mass is 1150 g/mol. The average Bonchev–Trinajstić information content (AvgIpc) is 3.43. The van der Waals surface area contributed by atoms with Crippen molar-refractivity contribution in [2.45, 2.75) is 373 Å². The zero-order valence-electron chi connectivity index (χ0n) is 54.3. The van der Waals surface area contributed by atoms with E-state index >= 15 is 0 Å². The van der Waals surface area contributed by atoms with Crippen molar-refractivity contribution in [3.8, 4) is 0 Å². The predicted octanol–water partition coefficient (Wildman–Crippen LogP) is 21.8. The summed E-state index contributed by atoms with van der Waals surface area (Å²) in [5, 5.41) is 13.9. The van der Waals surface area contributed by atoms with Gasteiger partial charge in [0.1, 0.15) is 13.2 Å². The minimum atomic E-state index is -4.61. The van der Waals surface area contributed by atoms with Gasteiger partial charge in [0.05, 0.1) is 39.9 Å². The second-order valence-corrected chi connectivity index (χ2v) is 27.0. The molecule has 0 fully saturated rings. The number of phosphoric acid groups is 1. The summed E-state index contributed by atoms with van der Waals surface area (Å²) < 4.78 is 23.4. The SMILES string of the molecule is CCCCCCCCCCCCCCCCC/C=C/CC/C=C/CC/C=C/C(O)C(COP(=O)([O-])OCC[N+](C)(C)C)NC(=O)CCCCCCCCCCCCCCCCCCCCCCCCCCCCCCCCCCC. The molecule has 8 nitrogen and oxygen atoms in total. The van der Waals surface area contributed by atoms with Gasteiger partial charge in [-0.3, -0.25) is 9.36 Å². The number of nitrogens with zero attached hydrogens (tertiary/aromatic N) is 1. The number of aliphatic hydroxyl groups excluding tert-OH is 1. The van der Waals surface area contributed by atoms with Crippen molar-refractivity contribution in [1.29, 1.82) is 0 Å². The molecule has 0 saturated heterocycles. The molecule has 0 aromatic heterocycles. The Labute approximate surface area is 499 Å². The maximum absolute atomic E-state index is 13.0. The molecule has 0 aliphatic heterocycles. The Morgan fingerprint density at radius 1 is 0.425 bits per heavy atom. The summed E-state index contributed by atoms with van der Waals surface area (Å²) in [6, 6.07) is -0.909. The van der Waals surface area contributed by atoms with E-state index in [1.54, 1.807) is 6.08 Å². The summed E-state index contributed by atoms with van der Waals surface area (Å²) >= 11 is 0. The van der Waals surface area contributed by atoms with Crippen molar-refractivity contribution >= 4 is 13.7 Å². The molecule has 474 valence electrons. The zero-order valence-corrected chi connectivity index (χ0v) is 55.2. The van der Waals surface area contributed by atoms with Crippen molar-refractivity contribution in [2.24, 2.45) is 0 Å². The highest BCUT2D eigenvalue weighted by Crippen LogP contribution is 2.38. The van der Waals surface area contributed by atoms with E-state index in [2.05, 4.69) is 43.5 Å². The molecule has 0 aliphatic rings. The van der Waals surface area contributed by atoms with Gasteiger partial charge in [0, 0.05) is 6.42 Å². The summed E-state index contributed by atoms with van der Waals surface area (Å²) in [6.45, 7) is 4.68. The lowest BCUT2D eigenvalue weighted by Gasteiger charge is -2.29. The molecule has 0 bridgehead atoms. The van der Waals surface area contributed by atoms with Gasteiger partial charge in [0.25, 0.3) is 7.82 Å². The van der Waals surface area contributed by atoms with Crippen LogP contribution in [0.3, 0.4) is 0 Å². The molecule has 0 saturated carbocycles. The van der Waals surface area contributed by atoms with Gasteiger partial charge in [0.15, 0.2) is 0 Å². The van der Waals surface area contributed by atoms with Crippen LogP contribution in [0.25, 0.3) is 0 Å². The van der Waals surface area contributed by atoms with Crippen LogP contribution in [0.4, 0.5) is 0 Å². The number of hydrogen-bond donors (Lipinski definition) is 2. The molecule has 0 aromatic carbocycles. The summed E-state index contributed by atoms with van der Waals surface area (Å²) in [7, 11) is 1.25. The molecule has 0 aromatic rings. The largest absolute Gasteiger partial charge is 0.756 e. The Hall–Kier alpha value is -1.28. The summed E-state index contributed by atoms with van der Waals surface area (Å²) in [4.78, 5) is 25.6. The van der Waals surface area contributed by atoms with E-state index in [4.69, 9.17) is 9.05 Å². The maximum Gasteiger partial charge on any atom is 0.268 e. The summed E-state index contributed by atoms with van der Waals surface area (Å²) in [5.41, 5.74) is 0. The standard InChI is InChI=1S/C71H139N2O6P/c1-6-8-10-12-14-16-18-20-22-24-26-28-30-32-33-34-35-36-37-38-39-41-43-45-47-49-51-53-55-57-59-61-63-65-71(75)72-69(68-79-80(76,77)78-67-66-73(3,4)5)70(74)64-62-60-58-56-54-52-50-48-46-44-42-40-31-29-27-25-23-21-19-17-15-13-11-9-7-2/h46,48,54,56,62,64,69-70,74H,6-45,47,49-53,55,57-61,63,65-68H2,1-5H3,(H-,72,75,76,77)/b48-46+,56-54+,64-62+. The molecular weight excluding hydrogens is 1010 g/mol. The van der Waals surface area contributed by atoms with Crippen molar-refractivity contribution in [3.05, 3.63) is 36.5 Å². The van der Waals surface area contributed by atoms with Gasteiger partial charge in [-0.2, -0.15) is 0 Å². The highest BCUT2D eigenvalue weighted by Gasteiger charge is 2.23. The van der Waals surface area contributed by atoms with Crippen LogP contribution in [-0.4, -0.2) is 68.5 Å². The fourth-order valence-electron chi connectivity index (χ4n) is 10.8. The minimum absolute atomic E-state index is 0.00709. The van der Waals surface area contributed by atoms with Gasteiger partial charge >= 0.3 is 0 Å². The molecular formula is C71H139N2O6P. The van der Waals surface area contributed by atoms with Gasteiger partial charge < -0.3 is 28.8 Å². The number of allylic oxidation sites excluding steroid dienone is 5. The van der Waals surface area contributed by atoms with E-state index in [1.165, 1.54) is 295 Å². The first kappa shape index (κ1) is 78.7. The van der Waals surface area contributed by atoms with Gasteiger partial charge in [0.2, 0.25) is 5.91 Å². The number of unbranched alkanes of at least 4 members (excludes halogenated alkanes) is 49. The summed E-state index contributed by atoms with van der Waals surface area (Å²) in [6.07, 6.45) is 82.9. The molecule has 0 heterocycles. The smallest absolute Gasteiger partial charge is 0.268 e. The Balaban J connectivity index is 4.06. The first-order valence-electron chi connectivity index (χ1n) is 35.4. The number of rotatable bonds is 66. The van der Waals surface area contributed by atoms with Crippen molar-refractivity contribution < 1.29 is 32.9 Å². The van der Waals surface area contributed by atoms with Gasteiger partial charge in [-0.15, -0.1) is 0 Å². The number of carbonyl (C=O) groups is 1. The average molecular weight is 1150 g/mol. The molecule has 0 spiro atoms. The van der Waals surface area contributed by atoms with E-state index in [-0.39, 0.29) is 12.5 Å². The zero-order chi connectivity index (χ0) is 58.4. The maximum atomic E-state index is 13.0. The lowest BCUT2D eigenvalue weighted by molar-refractivity contribution is -0.870. The van der Waals surface area contributed by atoms with Crippen molar-refractivity contribution in [1.82, 2.24) is 5.32 Å². The van der Waals surface area contributed by atoms with E-state index in [1.807, 2.05) is 27.2 Å². The van der Waals surface area contributed by atoms with Crippen LogP contribution in [0.2, 0.25) is 0 Å². The number of phosphoric ester groups is 1. The first-order chi connectivity index (χ1) is 39.0. The highest BCUT2D eigenvalue weighted by atomic mass is 31.2. The Morgan fingerprint density at radius 2 is 0.700 bits per heavy atom. The molecule has 1 amide bonds. The van der Waals surface area contributed by atoms with Crippen LogP contribution in [-0.2, 0) is 18.4 Å².